The largest absolute Gasteiger partial charge is 0.328 e. The summed E-state index contributed by atoms with van der Waals surface area (Å²) >= 11 is 0. The van der Waals surface area contributed by atoms with E-state index in [9.17, 15) is 4.79 Å². The number of anilines is 1. The monoisotopic (exact) mass is 318 g/mol. The Kier molecular flexibility index (Phi) is 3.34. The zero-order valence-corrected chi connectivity index (χ0v) is 13.7. The van der Waals surface area contributed by atoms with Crippen molar-refractivity contribution in [2.24, 2.45) is 7.05 Å². The van der Waals surface area contributed by atoms with Crippen LogP contribution >= 0.6 is 0 Å². The number of amides is 1. The number of aryl methyl sites for hydroxylation is 1. The van der Waals surface area contributed by atoms with Crippen molar-refractivity contribution >= 4 is 33.5 Å². The molecule has 0 unspecified atom stereocenters. The first-order chi connectivity index (χ1) is 11.7. The van der Waals surface area contributed by atoms with Gasteiger partial charge in [0.15, 0.2) is 0 Å². The van der Waals surface area contributed by atoms with Gasteiger partial charge in [0.05, 0.1) is 22.7 Å². The van der Waals surface area contributed by atoms with Crippen molar-refractivity contribution in [3.8, 4) is 0 Å². The number of para-hydroxylation sites is 2. The highest BCUT2D eigenvalue weighted by Crippen LogP contribution is 2.28. The van der Waals surface area contributed by atoms with Gasteiger partial charge in [0.25, 0.3) is 0 Å². The van der Waals surface area contributed by atoms with Crippen LogP contribution in [-0.2, 0) is 18.4 Å². The average molecular weight is 318 g/mol. The van der Waals surface area contributed by atoms with Gasteiger partial charge in [-0.05, 0) is 18.2 Å². The molecule has 0 radical (unpaired) electrons. The Labute approximate surface area is 139 Å². The van der Waals surface area contributed by atoms with E-state index in [0.29, 0.717) is 0 Å². The van der Waals surface area contributed by atoms with E-state index in [1.807, 2.05) is 78.1 Å². The minimum atomic E-state index is 0.0349. The van der Waals surface area contributed by atoms with Gasteiger partial charge in [-0.3, -0.25) is 9.48 Å². The summed E-state index contributed by atoms with van der Waals surface area (Å²) < 4.78 is 3.90. The molecule has 0 aliphatic heterocycles. The Hall–Kier alpha value is -3.08. The number of aromatic nitrogens is 3. The highest BCUT2D eigenvalue weighted by atomic mass is 16.2. The van der Waals surface area contributed by atoms with Gasteiger partial charge in [-0.15, -0.1) is 0 Å². The minimum absolute atomic E-state index is 0.0349. The van der Waals surface area contributed by atoms with Crippen LogP contribution in [0.1, 0.15) is 0 Å². The second-order valence-corrected chi connectivity index (χ2v) is 5.89. The zero-order chi connectivity index (χ0) is 16.7. The Balaban J connectivity index is 1.77. The summed E-state index contributed by atoms with van der Waals surface area (Å²) in [7, 11) is 3.74. The molecule has 120 valence electrons. The van der Waals surface area contributed by atoms with Crippen LogP contribution in [0.15, 0.2) is 60.8 Å². The van der Waals surface area contributed by atoms with Crippen molar-refractivity contribution in [3.63, 3.8) is 0 Å². The molecule has 0 aliphatic carbocycles. The van der Waals surface area contributed by atoms with E-state index in [4.69, 9.17) is 0 Å². The lowest BCUT2D eigenvalue weighted by Gasteiger charge is -2.18. The standard InChI is InChI=1S/C19H18N4O/c1-21(14-8-4-3-5-9-14)18(24)13-23-16-11-7-6-10-15(16)19-17(23)12-20-22(19)2/h3-12H,13H2,1-2H3. The van der Waals surface area contributed by atoms with Crippen molar-refractivity contribution in [3.05, 3.63) is 60.8 Å². The van der Waals surface area contributed by atoms with Gasteiger partial charge in [0.1, 0.15) is 6.54 Å². The number of nitrogens with zero attached hydrogens (tertiary/aromatic N) is 4. The molecular formula is C19H18N4O. The molecule has 2 aromatic carbocycles. The molecule has 2 heterocycles. The summed E-state index contributed by atoms with van der Waals surface area (Å²) in [5.74, 6) is 0.0349. The molecule has 5 heteroatoms. The molecule has 0 saturated carbocycles. The highest BCUT2D eigenvalue weighted by Gasteiger charge is 2.18. The summed E-state index contributed by atoms with van der Waals surface area (Å²) in [5.41, 5.74) is 3.98. The molecule has 0 atom stereocenters. The van der Waals surface area contributed by atoms with Crippen molar-refractivity contribution < 1.29 is 4.79 Å². The predicted molar refractivity (Wildman–Crippen MR) is 96.1 cm³/mol. The Morgan fingerprint density at radius 2 is 1.75 bits per heavy atom. The van der Waals surface area contributed by atoms with Crippen LogP contribution in [0.25, 0.3) is 21.9 Å². The summed E-state index contributed by atoms with van der Waals surface area (Å²) in [4.78, 5) is 14.5. The molecule has 5 nitrogen and oxygen atoms in total. The van der Waals surface area contributed by atoms with Crippen molar-refractivity contribution in [2.75, 3.05) is 11.9 Å². The molecule has 0 bridgehead atoms. The number of hydrogen-bond donors (Lipinski definition) is 0. The lowest BCUT2D eigenvalue weighted by molar-refractivity contribution is -0.118. The van der Waals surface area contributed by atoms with Gasteiger partial charge in [0.2, 0.25) is 5.91 Å². The fourth-order valence-corrected chi connectivity index (χ4v) is 3.18. The van der Waals surface area contributed by atoms with Gasteiger partial charge in [-0.2, -0.15) is 5.10 Å². The van der Waals surface area contributed by atoms with E-state index >= 15 is 0 Å². The molecule has 0 spiro atoms. The van der Waals surface area contributed by atoms with E-state index in [-0.39, 0.29) is 12.5 Å². The molecule has 24 heavy (non-hydrogen) atoms. The lowest BCUT2D eigenvalue weighted by Crippen LogP contribution is -2.29. The van der Waals surface area contributed by atoms with Crippen LogP contribution in [0.5, 0.6) is 0 Å². The summed E-state index contributed by atoms with van der Waals surface area (Å²) in [6.45, 7) is 0.279. The van der Waals surface area contributed by atoms with Crippen molar-refractivity contribution in [2.45, 2.75) is 6.54 Å². The third kappa shape index (κ3) is 2.17. The maximum absolute atomic E-state index is 12.8. The zero-order valence-electron chi connectivity index (χ0n) is 13.7. The predicted octanol–water partition coefficient (Wildman–Crippen LogP) is 3.19. The number of hydrogen-bond acceptors (Lipinski definition) is 2. The number of benzene rings is 2. The van der Waals surface area contributed by atoms with Gasteiger partial charge in [-0.25, -0.2) is 0 Å². The number of carbonyl (C=O) groups is 1. The van der Waals surface area contributed by atoms with E-state index < -0.39 is 0 Å². The Bertz CT molecular complexity index is 1030. The van der Waals surface area contributed by atoms with Crippen LogP contribution in [0, 0.1) is 0 Å². The van der Waals surface area contributed by atoms with Gasteiger partial charge < -0.3 is 9.47 Å². The van der Waals surface area contributed by atoms with Crippen LogP contribution in [0.2, 0.25) is 0 Å². The first kappa shape index (κ1) is 14.5. The van der Waals surface area contributed by atoms with E-state index in [1.165, 1.54) is 0 Å². The third-order valence-electron chi connectivity index (χ3n) is 4.47. The molecule has 4 rings (SSSR count). The molecule has 2 aromatic heterocycles. The van der Waals surface area contributed by atoms with Crippen molar-refractivity contribution in [1.82, 2.24) is 14.3 Å². The maximum atomic E-state index is 12.8. The van der Waals surface area contributed by atoms with Crippen LogP contribution in [0.4, 0.5) is 5.69 Å². The van der Waals surface area contributed by atoms with E-state index in [2.05, 4.69) is 11.2 Å². The number of rotatable bonds is 3. The average Bonchev–Trinajstić information content (AvgIpc) is 3.14. The maximum Gasteiger partial charge on any atom is 0.246 e. The van der Waals surface area contributed by atoms with Gasteiger partial charge in [-0.1, -0.05) is 36.4 Å². The molecule has 0 N–H and O–H groups in total. The highest BCUT2D eigenvalue weighted by molar-refractivity contribution is 6.07. The summed E-state index contributed by atoms with van der Waals surface area (Å²) in [6.07, 6.45) is 1.82. The van der Waals surface area contributed by atoms with Crippen molar-refractivity contribution in [1.29, 1.82) is 0 Å². The number of carbonyl (C=O) groups excluding carboxylic acids is 1. The molecule has 1 amide bonds. The minimum Gasteiger partial charge on any atom is -0.328 e. The topological polar surface area (TPSA) is 43.1 Å². The quantitative estimate of drug-likeness (QED) is 0.582. The molecule has 0 saturated heterocycles. The number of fused-ring (bicyclic) bond motifs is 3. The first-order valence-electron chi connectivity index (χ1n) is 7.87. The second-order valence-electron chi connectivity index (χ2n) is 5.89. The fraction of sp³-hybridized carbons (Fsp3) is 0.158. The van der Waals surface area contributed by atoms with E-state index in [1.54, 1.807) is 4.90 Å². The normalized spacial score (nSPS) is 11.2. The summed E-state index contributed by atoms with van der Waals surface area (Å²) in [6, 6.07) is 17.8. The SMILES string of the molecule is CN(C(=O)Cn1c2ccccc2c2c1cnn2C)c1ccccc1. The van der Waals surface area contributed by atoms with Gasteiger partial charge in [0, 0.05) is 25.2 Å². The van der Waals surface area contributed by atoms with Crippen LogP contribution in [0.3, 0.4) is 0 Å². The lowest BCUT2D eigenvalue weighted by atomic mass is 10.2. The third-order valence-corrected chi connectivity index (χ3v) is 4.47. The summed E-state index contributed by atoms with van der Waals surface area (Å²) in [5, 5.41) is 5.46. The second kappa shape index (κ2) is 5.53. The van der Waals surface area contributed by atoms with Crippen LogP contribution in [-0.4, -0.2) is 27.3 Å². The van der Waals surface area contributed by atoms with E-state index in [0.717, 1.165) is 27.6 Å². The molecule has 0 fully saturated rings. The first-order valence-corrected chi connectivity index (χ1v) is 7.87. The fourth-order valence-electron chi connectivity index (χ4n) is 3.18. The van der Waals surface area contributed by atoms with Gasteiger partial charge >= 0.3 is 0 Å². The van der Waals surface area contributed by atoms with Crippen LogP contribution < -0.4 is 4.90 Å². The molecular weight excluding hydrogens is 300 g/mol. The molecule has 4 aromatic rings. The Morgan fingerprint density at radius 1 is 1.04 bits per heavy atom. The molecule has 0 aliphatic rings. The smallest absolute Gasteiger partial charge is 0.246 e. The number of likely N-dealkylation sites (N-methyl/N-ethyl adjacent to an activating group) is 1. The Morgan fingerprint density at radius 3 is 2.54 bits per heavy atom.